The molecule has 0 saturated carbocycles. The lowest BCUT2D eigenvalue weighted by Crippen LogP contribution is -2.12. The molecule has 0 aromatic rings. The third-order valence-electron chi connectivity index (χ3n) is 2.76. The minimum absolute atomic E-state index is 0.0365. The van der Waals surface area contributed by atoms with Crippen molar-refractivity contribution in [2.24, 2.45) is 11.8 Å². The van der Waals surface area contributed by atoms with Crippen LogP contribution in [-0.2, 0) is 9.53 Å². The van der Waals surface area contributed by atoms with Gasteiger partial charge in [-0.25, -0.2) is 0 Å². The SMILES string of the molecule is CCC(C)CCC(=O)OCC(C)CC. The van der Waals surface area contributed by atoms with Crippen molar-refractivity contribution in [3.05, 3.63) is 0 Å². The molecule has 0 N–H and O–H groups in total. The summed E-state index contributed by atoms with van der Waals surface area (Å²) in [6.45, 7) is 9.10. The van der Waals surface area contributed by atoms with Crippen LogP contribution in [0.25, 0.3) is 0 Å². The van der Waals surface area contributed by atoms with Gasteiger partial charge in [-0.3, -0.25) is 4.79 Å². The minimum Gasteiger partial charge on any atom is -0.465 e. The molecule has 84 valence electrons. The van der Waals surface area contributed by atoms with Crippen molar-refractivity contribution in [3.63, 3.8) is 0 Å². The van der Waals surface area contributed by atoms with Crippen molar-refractivity contribution < 1.29 is 9.53 Å². The van der Waals surface area contributed by atoms with Gasteiger partial charge in [0.2, 0.25) is 0 Å². The first-order chi connectivity index (χ1) is 6.60. The number of rotatable bonds is 7. The second kappa shape index (κ2) is 7.84. The number of carbonyl (C=O) groups excluding carboxylic acids is 1. The van der Waals surface area contributed by atoms with Crippen LogP contribution < -0.4 is 0 Å². The van der Waals surface area contributed by atoms with Gasteiger partial charge < -0.3 is 4.74 Å². The van der Waals surface area contributed by atoms with Gasteiger partial charge in [0.05, 0.1) is 6.61 Å². The van der Waals surface area contributed by atoms with Crippen molar-refractivity contribution in [2.45, 2.75) is 53.4 Å². The zero-order chi connectivity index (χ0) is 11.0. The van der Waals surface area contributed by atoms with E-state index in [9.17, 15) is 4.79 Å². The molecule has 0 heterocycles. The van der Waals surface area contributed by atoms with Gasteiger partial charge in [0, 0.05) is 6.42 Å². The zero-order valence-electron chi connectivity index (χ0n) is 10.0. The van der Waals surface area contributed by atoms with Crippen LogP contribution in [-0.4, -0.2) is 12.6 Å². The van der Waals surface area contributed by atoms with Crippen LogP contribution in [0.15, 0.2) is 0 Å². The van der Waals surface area contributed by atoms with Crippen molar-refractivity contribution >= 4 is 5.97 Å². The third-order valence-corrected chi connectivity index (χ3v) is 2.76. The normalized spacial score (nSPS) is 14.9. The monoisotopic (exact) mass is 200 g/mol. The van der Waals surface area contributed by atoms with Crippen LogP contribution in [0.2, 0.25) is 0 Å². The summed E-state index contributed by atoms with van der Waals surface area (Å²) in [4.78, 5) is 11.3. The molecule has 14 heavy (non-hydrogen) atoms. The predicted molar refractivity (Wildman–Crippen MR) is 59.1 cm³/mol. The highest BCUT2D eigenvalue weighted by atomic mass is 16.5. The maximum absolute atomic E-state index is 11.3. The molecule has 0 fully saturated rings. The van der Waals surface area contributed by atoms with E-state index in [0.29, 0.717) is 24.9 Å². The molecular formula is C12H24O2. The molecule has 0 rings (SSSR count). The summed E-state index contributed by atoms with van der Waals surface area (Å²) in [7, 11) is 0. The van der Waals surface area contributed by atoms with Gasteiger partial charge in [-0.2, -0.15) is 0 Å². The van der Waals surface area contributed by atoms with E-state index in [1.165, 1.54) is 0 Å². The minimum atomic E-state index is -0.0365. The Balaban J connectivity index is 3.46. The quantitative estimate of drug-likeness (QED) is 0.589. The maximum Gasteiger partial charge on any atom is 0.305 e. The van der Waals surface area contributed by atoms with Crippen molar-refractivity contribution in [2.75, 3.05) is 6.61 Å². The molecule has 2 atom stereocenters. The molecule has 0 radical (unpaired) electrons. The largest absolute Gasteiger partial charge is 0.465 e. The fourth-order valence-electron chi connectivity index (χ4n) is 0.994. The van der Waals surface area contributed by atoms with Crippen LogP contribution in [0.5, 0.6) is 0 Å². The number of ether oxygens (including phenoxy) is 1. The van der Waals surface area contributed by atoms with Gasteiger partial charge in [-0.1, -0.05) is 40.5 Å². The Labute approximate surface area is 88.0 Å². The first-order valence-corrected chi connectivity index (χ1v) is 5.75. The Morgan fingerprint density at radius 3 is 2.21 bits per heavy atom. The van der Waals surface area contributed by atoms with E-state index < -0.39 is 0 Å². The number of hydrogen-bond acceptors (Lipinski definition) is 2. The number of esters is 1. The Bertz CT molecular complexity index is 138. The molecule has 0 bridgehead atoms. The molecule has 0 aromatic carbocycles. The summed E-state index contributed by atoms with van der Waals surface area (Å²) < 4.78 is 5.15. The van der Waals surface area contributed by atoms with Crippen molar-refractivity contribution in [3.8, 4) is 0 Å². The molecule has 0 amide bonds. The average molecular weight is 200 g/mol. The highest BCUT2D eigenvalue weighted by Gasteiger charge is 2.07. The van der Waals surface area contributed by atoms with Crippen LogP contribution >= 0.6 is 0 Å². The first-order valence-electron chi connectivity index (χ1n) is 5.75. The van der Waals surface area contributed by atoms with E-state index in [-0.39, 0.29) is 5.97 Å². The highest BCUT2D eigenvalue weighted by Crippen LogP contribution is 2.10. The first kappa shape index (κ1) is 13.5. The summed E-state index contributed by atoms with van der Waals surface area (Å²) in [5, 5.41) is 0. The summed E-state index contributed by atoms with van der Waals surface area (Å²) >= 11 is 0. The molecule has 0 aromatic heterocycles. The smallest absolute Gasteiger partial charge is 0.305 e. The van der Waals surface area contributed by atoms with Gasteiger partial charge in [0.1, 0.15) is 0 Å². The lowest BCUT2D eigenvalue weighted by atomic mass is 10.0. The molecular weight excluding hydrogens is 176 g/mol. The Kier molecular flexibility index (Phi) is 7.54. The summed E-state index contributed by atoms with van der Waals surface area (Å²) in [5.74, 6) is 1.08. The van der Waals surface area contributed by atoms with Crippen LogP contribution in [0.4, 0.5) is 0 Å². The number of carbonyl (C=O) groups is 1. The fraction of sp³-hybridized carbons (Fsp3) is 0.917. The van der Waals surface area contributed by atoms with E-state index in [1.54, 1.807) is 0 Å². The standard InChI is InChI=1S/C12H24O2/c1-5-10(3)7-8-12(13)14-9-11(4)6-2/h10-11H,5-9H2,1-4H3. The van der Waals surface area contributed by atoms with Gasteiger partial charge in [0.15, 0.2) is 0 Å². The predicted octanol–water partition coefficient (Wildman–Crippen LogP) is 3.40. The molecule has 0 aliphatic rings. The van der Waals surface area contributed by atoms with E-state index in [2.05, 4.69) is 27.7 Å². The average Bonchev–Trinajstić information content (AvgIpc) is 2.22. The van der Waals surface area contributed by atoms with E-state index in [1.807, 2.05) is 0 Å². The van der Waals surface area contributed by atoms with Gasteiger partial charge >= 0.3 is 5.97 Å². The van der Waals surface area contributed by atoms with Crippen LogP contribution in [0.1, 0.15) is 53.4 Å². The van der Waals surface area contributed by atoms with Crippen molar-refractivity contribution in [1.82, 2.24) is 0 Å². The summed E-state index contributed by atoms with van der Waals surface area (Å²) in [6.07, 6.45) is 3.73. The third kappa shape index (κ3) is 6.93. The molecule has 2 nitrogen and oxygen atoms in total. The molecule has 2 heteroatoms. The second-order valence-corrected chi connectivity index (χ2v) is 4.25. The van der Waals surface area contributed by atoms with Crippen molar-refractivity contribution in [1.29, 1.82) is 0 Å². The van der Waals surface area contributed by atoms with Gasteiger partial charge in [-0.05, 0) is 18.3 Å². The second-order valence-electron chi connectivity index (χ2n) is 4.25. The molecule has 0 aliphatic carbocycles. The van der Waals surface area contributed by atoms with Gasteiger partial charge in [0.25, 0.3) is 0 Å². The summed E-state index contributed by atoms with van der Waals surface area (Å²) in [5.41, 5.74) is 0. The van der Waals surface area contributed by atoms with Gasteiger partial charge in [-0.15, -0.1) is 0 Å². The lowest BCUT2D eigenvalue weighted by Gasteiger charge is -2.11. The van der Waals surface area contributed by atoms with Crippen LogP contribution in [0, 0.1) is 11.8 Å². The van der Waals surface area contributed by atoms with E-state index >= 15 is 0 Å². The zero-order valence-corrected chi connectivity index (χ0v) is 10.0. The Morgan fingerprint density at radius 1 is 1.14 bits per heavy atom. The maximum atomic E-state index is 11.3. The molecule has 0 aliphatic heterocycles. The highest BCUT2D eigenvalue weighted by molar-refractivity contribution is 5.69. The molecule has 0 saturated heterocycles. The van der Waals surface area contributed by atoms with E-state index in [4.69, 9.17) is 4.74 Å². The Morgan fingerprint density at radius 2 is 1.71 bits per heavy atom. The molecule has 0 spiro atoms. The summed E-state index contributed by atoms with van der Waals surface area (Å²) in [6, 6.07) is 0. The lowest BCUT2D eigenvalue weighted by molar-refractivity contribution is -0.145. The van der Waals surface area contributed by atoms with E-state index in [0.717, 1.165) is 19.3 Å². The molecule has 2 unspecified atom stereocenters. The van der Waals surface area contributed by atoms with Crippen LogP contribution in [0.3, 0.4) is 0 Å². The topological polar surface area (TPSA) is 26.3 Å². The Hall–Kier alpha value is -0.530. The number of hydrogen-bond donors (Lipinski definition) is 0. The fourth-order valence-corrected chi connectivity index (χ4v) is 0.994.